The lowest BCUT2D eigenvalue weighted by molar-refractivity contribution is -0.572. The van der Waals surface area contributed by atoms with Crippen LogP contribution in [0.2, 0.25) is 0 Å². The minimum Gasteiger partial charge on any atom is -0.458 e. The highest BCUT2D eigenvalue weighted by Crippen LogP contribution is 2.35. The van der Waals surface area contributed by atoms with E-state index in [1.54, 1.807) is 12.4 Å². The van der Waals surface area contributed by atoms with Crippen LogP contribution in [-0.4, -0.2) is 29.1 Å². The van der Waals surface area contributed by atoms with Crippen molar-refractivity contribution in [3.8, 4) is 57.1 Å². The molecule has 0 atom stereocenters. The molecular formula is C58H54N8O2. The second-order valence-electron chi connectivity index (χ2n) is 19.6. The molecule has 10 rings (SSSR count). The van der Waals surface area contributed by atoms with Gasteiger partial charge in [-0.3, -0.25) is 38.2 Å². The van der Waals surface area contributed by atoms with E-state index in [9.17, 15) is 0 Å². The number of ether oxygens (including phenoxy) is 2. The van der Waals surface area contributed by atoms with E-state index in [0.29, 0.717) is 34.4 Å². The average Bonchev–Trinajstić information content (AvgIpc) is 3.88. The van der Waals surface area contributed by atoms with Crippen molar-refractivity contribution in [1.29, 1.82) is 0 Å². The number of imidazole rings is 2. The number of benzene rings is 4. The standard InChI is InChI=1S/C58H54N8O2/c1-37-23-43(24-38(2)61-37)63-35-65(55-17-13-11-15-53(55)63)45-27-41(57(5,6)7)29-49(31-45)67-47-19-21-59-51(33-47)52-34-48(20-22-60-52)68-50-30-42(58(8,9)10)28-46(32-50)66-36-64(54-16-12-14-18-56(54)66)44-25-39(3)62-40(4)26-44/h11-34H,1-10H3. The van der Waals surface area contributed by atoms with Crippen LogP contribution in [0.5, 0.6) is 23.0 Å². The van der Waals surface area contributed by atoms with Gasteiger partial charge in [0.2, 0.25) is 0 Å². The van der Waals surface area contributed by atoms with Crippen molar-refractivity contribution < 1.29 is 18.6 Å². The van der Waals surface area contributed by atoms with E-state index in [-0.39, 0.29) is 10.8 Å². The third-order valence-corrected chi connectivity index (χ3v) is 12.0. The van der Waals surface area contributed by atoms with Crippen LogP contribution < -0.4 is 18.6 Å². The van der Waals surface area contributed by atoms with Crippen LogP contribution in [0.25, 0.3) is 56.2 Å². The fourth-order valence-corrected chi connectivity index (χ4v) is 8.68. The third kappa shape index (κ3) is 8.85. The number of rotatable bonds is 9. The molecule has 0 aliphatic heterocycles. The van der Waals surface area contributed by atoms with E-state index < -0.39 is 0 Å². The van der Waals surface area contributed by atoms with Crippen molar-refractivity contribution in [2.24, 2.45) is 0 Å². The van der Waals surface area contributed by atoms with Crippen LogP contribution in [-0.2, 0) is 10.8 Å². The van der Waals surface area contributed by atoms with Gasteiger partial charge in [0, 0.05) is 47.3 Å². The molecule has 6 heterocycles. The molecule has 0 aliphatic rings. The molecule has 4 aromatic carbocycles. The third-order valence-electron chi connectivity index (χ3n) is 12.0. The summed E-state index contributed by atoms with van der Waals surface area (Å²) in [6, 6.07) is 45.4. The summed E-state index contributed by atoms with van der Waals surface area (Å²) in [6.07, 6.45) is 10.8. The largest absolute Gasteiger partial charge is 0.458 e. The number of hydrogen-bond donors (Lipinski definition) is 0. The SMILES string of the molecule is Cc1cc(-n2[c-][n+](-c3cc(Oc4ccnc(-c5cc(Oc6cc(-[n+]7[c-]n(-c8cc(C)nc(C)c8)c8ccccc87)cc(C(C)(C)C)c6)ccn5)c4)cc(C(C)(C)C)c3)c3ccccc32)cc(C)n1. The Hall–Kier alpha value is -7.98. The second kappa shape index (κ2) is 17.0. The van der Waals surface area contributed by atoms with Crippen molar-refractivity contribution in [3.05, 3.63) is 192 Å². The number of fused-ring (bicyclic) bond motifs is 2. The van der Waals surface area contributed by atoms with Gasteiger partial charge >= 0.3 is 0 Å². The molecule has 0 fully saturated rings. The van der Waals surface area contributed by atoms with Crippen molar-refractivity contribution in [2.75, 3.05) is 0 Å². The Labute approximate surface area is 397 Å². The number of para-hydroxylation sites is 4. The van der Waals surface area contributed by atoms with E-state index in [1.165, 1.54) is 0 Å². The number of aryl methyl sites for hydroxylation is 4. The van der Waals surface area contributed by atoms with Crippen molar-refractivity contribution in [3.63, 3.8) is 0 Å². The van der Waals surface area contributed by atoms with E-state index in [2.05, 4.69) is 192 Å². The first-order valence-corrected chi connectivity index (χ1v) is 22.9. The van der Waals surface area contributed by atoms with Crippen LogP contribution in [0.4, 0.5) is 0 Å². The van der Waals surface area contributed by atoms with Crippen LogP contribution in [0.15, 0.2) is 146 Å². The van der Waals surface area contributed by atoms with Gasteiger partial charge in [-0.15, -0.1) is 0 Å². The minimum atomic E-state index is -0.165. The second-order valence-corrected chi connectivity index (χ2v) is 19.6. The van der Waals surface area contributed by atoms with Gasteiger partial charge < -0.3 is 9.47 Å². The Kier molecular flexibility index (Phi) is 11.0. The highest BCUT2D eigenvalue weighted by atomic mass is 16.5. The fraction of sp³-hybridized carbons (Fsp3) is 0.207. The topological polar surface area (TPSA) is 87.6 Å². The molecule has 0 bridgehead atoms. The van der Waals surface area contributed by atoms with Crippen molar-refractivity contribution in [2.45, 2.75) is 80.1 Å². The van der Waals surface area contributed by atoms with Gasteiger partial charge in [0.05, 0.1) is 56.2 Å². The Morgan fingerprint density at radius 3 is 1.21 bits per heavy atom. The summed E-state index contributed by atoms with van der Waals surface area (Å²) < 4.78 is 21.9. The summed E-state index contributed by atoms with van der Waals surface area (Å²) in [7, 11) is 0. The number of pyridine rings is 4. The first-order chi connectivity index (χ1) is 32.5. The van der Waals surface area contributed by atoms with Gasteiger partial charge in [-0.2, -0.15) is 0 Å². The number of aromatic nitrogens is 8. The molecule has 10 aromatic rings. The Balaban J connectivity index is 0.973. The Morgan fingerprint density at radius 1 is 0.441 bits per heavy atom. The molecule has 0 saturated heterocycles. The van der Waals surface area contributed by atoms with Gasteiger partial charge in [-0.1, -0.05) is 90.1 Å². The first kappa shape index (κ1) is 43.9. The molecule has 0 aliphatic carbocycles. The van der Waals surface area contributed by atoms with Gasteiger partial charge in [-0.05, 0) is 122 Å². The zero-order valence-corrected chi connectivity index (χ0v) is 40.3. The maximum absolute atomic E-state index is 6.72. The molecular weight excluding hydrogens is 841 g/mol. The molecule has 6 aromatic heterocycles. The van der Waals surface area contributed by atoms with E-state index in [1.807, 2.05) is 52.0 Å². The van der Waals surface area contributed by atoms with Gasteiger partial charge in [0.15, 0.2) is 0 Å². The van der Waals surface area contributed by atoms with Gasteiger partial charge in [0.1, 0.15) is 23.0 Å². The number of nitrogens with zero attached hydrogens (tertiary/aromatic N) is 8. The molecule has 0 saturated carbocycles. The van der Waals surface area contributed by atoms with E-state index in [4.69, 9.17) is 19.4 Å². The summed E-state index contributed by atoms with van der Waals surface area (Å²) in [5.41, 5.74) is 15.0. The molecule has 0 radical (unpaired) electrons. The summed E-state index contributed by atoms with van der Waals surface area (Å²) in [5.74, 6) is 2.65. The molecule has 0 spiro atoms. The predicted molar refractivity (Wildman–Crippen MR) is 267 cm³/mol. The maximum Gasteiger partial charge on any atom is 0.269 e. The fourth-order valence-electron chi connectivity index (χ4n) is 8.68. The summed E-state index contributed by atoms with van der Waals surface area (Å²) >= 11 is 0. The summed E-state index contributed by atoms with van der Waals surface area (Å²) in [4.78, 5) is 18.7. The van der Waals surface area contributed by atoms with Crippen molar-refractivity contribution in [1.82, 2.24) is 29.1 Å². The molecule has 338 valence electrons. The molecule has 0 amide bonds. The quantitative estimate of drug-likeness (QED) is 0.106. The monoisotopic (exact) mass is 894 g/mol. The maximum atomic E-state index is 6.72. The first-order valence-electron chi connectivity index (χ1n) is 22.9. The lowest BCUT2D eigenvalue weighted by Crippen LogP contribution is -2.30. The highest BCUT2D eigenvalue weighted by Gasteiger charge is 2.22. The molecule has 68 heavy (non-hydrogen) atoms. The van der Waals surface area contributed by atoms with E-state index in [0.717, 1.165) is 78.7 Å². The van der Waals surface area contributed by atoms with E-state index >= 15 is 0 Å². The molecule has 0 unspecified atom stereocenters. The normalized spacial score (nSPS) is 12.0. The van der Waals surface area contributed by atoms with Crippen molar-refractivity contribution >= 4 is 22.1 Å². The predicted octanol–water partition coefficient (Wildman–Crippen LogP) is 12.4. The summed E-state index contributed by atoms with van der Waals surface area (Å²) in [5, 5.41) is 0. The number of hydrogen-bond acceptors (Lipinski definition) is 6. The van der Waals surface area contributed by atoms with Crippen LogP contribution in [0.1, 0.15) is 75.4 Å². The Bertz CT molecular complexity index is 3280. The lowest BCUT2D eigenvalue weighted by Gasteiger charge is -2.22. The highest BCUT2D eigenvalue weighted by molar-refractivity contribution is 5.76. The Morgan fingerprint density at radius 2 is 0.824 bits per heavy atom. The van der Waals surface area contributed by atoms with Crippen LogP contribution in [0, 0.1) is 40.3 Å². The zero-order valence-electron chi connectivity index (χ0n) is 40.3. The molecule has 10 heteroatoms. The van der Waals surface area contributed by atoms with Gasteiger partial charge in [-0.25, -0.2) is 0 Å². The minimum absolute atomic E-state index is 0.165. The van der Waals surface area contributed by atoms with Crippen LogP contribution >= 0.6 is 0 Å². The van der Waals surface area contributed by atoms with Crippen LogP contribution in [0.3, 0.4) is 0 Å². The van der Waals surface area contributed by atoms with Gasteiger partial charge in [0.25, 0.3) is 12.7 Å². The molecule has 0 N–H and O–H groups in total. The smallest absolute Gasteiger partial charge is 0.269 e. The molecule has 10 nitrogen and oxygen atoms in total. The zero-order chi connectivity index (χ0) is 47.5. The lowest BCUT2D eigenvalue weighted by atomic mass is 9.86. The summed E-state index contributed by atoms with van der Waals surface area (Å²) in [6.45, 7) is 21.3. The average molecular weight is 895 g/mol.